The second kappa shape index (κ2) is 13.6. The highest BCUT2D eigenvalue weighted by Gasteiger charge is 2.34. The molecule has 1 aliphatic heterocycles. The van der Waals surface area contributed by atoms with Gasteiger partial charge in [-0.15, -0.1) is 0 Å². The maximum atomic E-state index is 13.6. The van der Waals surface area contributed by atoms with Crippen molar-refractivity contribution in [2.75, 3.05) is 47.4 Å². The van der Waals surface area contributed by atoms with Crippen molar-refractivity contribution in [3.8, 4) is 28.8 Å². The van der Waals surface area contributed by atoms with Gasteiger partial charge >= 0.3 is 0 Å². The number of rotatable bonds is 8. The van der Waals surface area contributed by atoms with Crippen LogP contribution in [0.5, 0.6) is 5.88 Å². The molecule has 0 saturated carbocycles. The average molecular weight is 541 g/mol. The Labute approximate surface area is 238 Å². The topological polar surface area (TPSA) is 69.1 Å². The minimum absolute atomic E-state index is 0.0235. The van der Waals surface area contributed by atoms with Crippen LogP contribution in [0.2, 0.25) is 0 Å². The fraction of sp³-hybridized carbons (Fsp3) is 0.394. The van der Waals surface area contributed by atoms with Crippen LogP contribution < -0.4 is 4.74 Å². The molecule has 0 unspecified atom stereocenters. The molecule has 0 fully saturated rings. The highest BCUT2D eigenvalue weighted by atomic mass is 16.5. The second-order valence-corrected chi connectivity index (χ2v) is 11.0. The van der Waals surface area contributed by atoms with E-state index in [4.69, 9.17) is 4.74 Å². The van der Waals surface area contributed by atoms with Crippen LogP contribution in [-0.4, -0.2) is 90.2 Å². The Bertz CT molecular complexity index is 1330. The number of nitrogens with zero attached hydrogens (tertiary/aromatic N) is 4. The van der Waals surface area contributed by atoms with E-state index in [1.165, 1.54) is 16.7 Å². The number of benzene rings is 2. The number of likely N-dealkylation sites (N-methyl/N-ethyl adjacent to an activating group) is 1. The number of hydrogen-bond acceptors (Lipinski definition) is 6. The smallest absolute Gasteiger partial charge is 0.259 e. The molecule has 1 N–H and O–H groups in total. The second-order valence-electron chi connectivity index (χ2n) is 11.0. The highest BCUT2D eigenvalue weighted by molar-refractivity contribution is 5.97. The van der Waals surface area contributed by atoms with E-state index in [9.17, 15) is 9.90 Å². The first-order valence-corrected chi connectivity index (χ1v) is 13.8. The van der Waals surface area contributed by atoms with Crippen LogP contribution >= 0.6 is 0 Å². The third-order valence-corrected chi connectivity index (χ3v) is 7.15. The van der Waals surface area contributed by atoms with E-state index in [0.29, 0.717) is 36.6 Å². The van der Waals surface area contributed by atoms with Crippen molar-refractivity contribution in [2.24, 2.45) is 5.92 Å². The molecule has 0 radical (unpaired) electrons. The predicted molar refractivity (Wildman–Crippen MR) is 159 cm³/mol. The van der Waals surface area contributed by atoms with Crippen molar-refractivity contribution in [3.63, 3.8) is 0 Å². The number of aliphatic hydroxyl groups excluding tert-OH is 1. The molecule has 210 valence electrons. The number of hydrogen-bond donors (Lipinski definition) is 1. The molecule has 1 aromatic heterocycles. The first-order chi connectivity index (χ1) is 19.2. The highest BCUT2D eigenvalue weighted by Crippen LogP contribution is 2.28. The Balaban J connectivity index is 1.53. The molecule has 0 aliphatic carbocycles. The van der Waals surface area contributed by atoms with Crippen molar-refractivity contribution in [1.29, 1.82) is 0 Å². The number of amides is 1. The van der Waals surface area contributed by atoms with Gasteiger partial charge in [0.1, 0.15) is 11.7 Å². The molecule has 7 nitrogen and oxygen atoms in total. The number of aromatic nitrogens is 1. The van der Waals surface area contributed by atoms with Crippen molar-refractivity contribution in [3.05, 3.63) is 83.6 Å². The molecule has 40 heavy (non-hydrogen) atoms. The molecule has 0 spiro atoms. The van der Waals surface area contributed by atoms with E-state index in [-0.39, 0.29) is 30.6 Å². The predicted octanol–water partition coefficient (Wildman–Crippen LogP) is 4.01. The molecule has 1 aliphatic rings. The summed E-state index contributed by atoms with van der Waals surface area (Å²) >= 11 is 0. The quantitative estimate of drug-likeness (QED) is 0.436. The zero-order valence-corrected chi connectivity index (χ0v) is 24.2. The first-order valence-electron chi connectivity index (χ1n) is 13.8. The monoisotopic (exact) mass is 540 g/mol. The van der Waals surface area contributed by atoms with Gasteiger partial charge in [-0.25, -0.2) is 4.98 Å². The summed E-state index contributed by atoms with van der Waals surface area (Å²) in [5.41, 5.74) is 4.66. The largest absolute Gasteiger partial charge is 0.472 e. The SMILES string of the molecule is C[C@H](CO)N1C[C@H](C)[C@@H](CN(C)Cc2ccc(-c3ccccc3)cc2)Oc2ncc(C#CCN(C)C)cc2C1=O. The summed E-state index contributed by atoms with van der Waals surface area (Å²) in [6.07, 6.45) is 1.46. The Kier molecular flexibility index (Phi) is 9.94. The Morgan fingerprint density at radius 1 is 1.10 bits per heavy atom. The van der Waals surface area contributed by atoms with Crippen LogP contribution in [0.25, 0.3) is 11.1 Å². The lowest BCUT2D eigenvalue weighted by Crippen LogP contribution is -2.49. The third-order valence-electron chi connectivity index (χ3n) is 7.15. The molecule has 3 atom stereocenters. The van der Waals surface area contributed by atoms with Gasteiger partial charge < -0.3 is 14.7 Å². The van der Waals surface area contributed by atoms with Crippen LogP contribution in [0.3, 0.4) is 0 Å². The van der Waals surface area contributed by atoms with E-state index < -0.39 is 0 Å². The molecule has 1 amide bonds. The minimum atomic E-state index is -0.328. The maximum Gasteiger partial charge on any atom is 0.259 e. The number of pyridine rings is 1. The van der Waals surface area contributed by atoms with E-state index in [1.54, 1.807) is 17.2 Å². The standard InChI is InChI=1S/C33H40N4O3/c1-24-20-37(25(2)23-38)33(39)30-18-27(10-9-17-35(3)4)19-34-32(30)40-31(24)22-36(5)21-26-13-15-29(16-14-26)28-11-7-6-8-12-28/h6-8,11-16,18-19,24-25,31,38H,17,20-23H2,1-5H3/t24-,25+,31+/m0/s1. The molecule has 3 aromatic rings. The molecule has 2 heterocycles. The first kappa shape index (κ1) is 29.3. The van der Waals surface area contributed by atoms with Crippen molar-refractivity contribution in [2.45, 2.75) is 32.5 Å². The Hall–Kier alpha value is -3.70. The lowest BCUT2D eigenvalue weighted by Gasteiger charge is -2.37. The number of carbonyl (C=O) groups excluding carboxylic acids is 1. The average Bonchev–Trinajstić information content (AvgIpc) is 2.95. The van der Waals surface area contributed by atoms with E-state index >= 15 is 0 Å². The van der Waals surface area contributed by atoms with Crippen molar-refractivity contribution in [1.82, 2.24) is 19.7 Å². The van der Waals surface area contributed by atoms with Gasteiger partial charge in [0.2, 0.25) is 5.88 Å². The summed E-state index contributed by atoms with van der Waals surface area (Å²) in [6.45, 7) is 6.33. The van der Waals surface area contributed by atoms with Gasteiger partial charge in [0.05, 0.1) is 19.2 Å². The fourth-order valence-corrected chi connectivity index (χ4v) is 4.80. The molecule has 0 bridgehead atoms. The molecular weight excluding hydrogens is 500 g/mol. The van der Waals surface area contributed by atoms with Gasteiger partial charge in [-0.05, 0) is 50.8 Å². The molecule has 0 saturated heterocycles. The Morgan fingerprint density at radius 3 is 2.48 bits per heavy atom. The number of fused-ring (bicyclic) bond motifs is 1. The van der Waals surface area contributed by atoms with Gasteiger partial charge in [-0.3, -0.25) is 14.6 Å². The number of ether oxygens (including phenoxy) is 1. The van der Waals surface area contributed by atoms with Gasteiger partial charge in [-0.2, -0.15) is 0 Å². The van der Waals surface area contributed by atoms with Crippen LogP contribution in [0.15, 0.2) is 66.9 Å². The van der Waals surface area contributed by atoms with Crippen LogP contribution in [-0.2, 0) is 6.54 Å². The number of aliphatic hydroxyl groups is 1. The van der Waals surface area contributed by atoms with E-state index in [2.05, 4.69) is 84.2 Å². The summed E-state index contributed by atoms with van der Waals surface area (Å²) < 4.78 is 6.45. The summed E-state index contributed by atoms with van der Waals surface area (Å²) in [4.78, 5) is 24.1. The van der Waals surface area contributed by atoms with Crippen molar-refractivity contribution < 1.29 is 14.6 Å². The third kappa shape index (κ3) is 7.48. The summed E-state index contributed by atoms with van der Waals surface area (Å²) in [5, 5.41) is 9.92. The Morgan fingerprint density at radius 2 is 1.80 bits per heavy atom. The minimum Gasteiger partial charge on any atom is -0.472 e. The fourth-order valence-electron chi connectivity index (χ4n) is 4.80. The molecular formula is C33H40N4O3. The van der Waals surface area contributed by atoms with Gasteiger partial charge in [0.25, 0.3) is 5.91 Å². The molecule has 7 heteroatoms. The maximum absolute atomic E-state index is 13.6. The lowest BCUT2D eigenvalue weighted by molar-refractivity contribution is 0.0325. The van der Waals surface area contributed by atoms with Crippen LogP contribution in [0, 0.1) is 17.8 Å². The zero-order valence-electron chi connectivity index (χ0n) is 24.2. The summed E-state index contributed by atoms with van der Waals surface area (Å²) in [6, 6.07) is 20.4. The molecule has 2 aromatic carbocycles. The van der Waals surface area contributed by atoms with Crippen LogP contribution in [0.4, 0.5) is 0 Å². The molecule has 4 rings (SSSR count). The normalized spacial score (nSPS) is 17.9. The summed E-state index contributed by atoms with van der Waals surface area (Å²) in [5.74, 6) is 6.34. The van der Waals surface area contributed by atoms with E-state index in [0.717, 1.165) is 6.54 Å². The van der Waals surface area contributed by atoms with Crippen molar-refractivity contribution >= 4 is 5.91 Å². The zero-order chi connectivity index (χ0) is 28.6. The van der Waals surface area contributed by atoms with Gasteiger partial charge in [-0.1, -0.05) is 73.4 Å². The number of carbonyl (C=O) groups is 1. The van der Waals surface area contributed by atoms with Gasteiger partial charge in [0.15, 0.2) is 0 Å². The van der Waals surface area contributed by atoms with Crippen LogP contribution in [0.1, 0.15) is 35.3 Å². The van der Waals surface area contributed by atoms with Gasteiger partial charge in [0, 0.05) is 37.3 Å². The lowest BCUT2D eigenvalue weighted by atomic mass is 9.99. The summed E-state index contributed by atoms with van der Waals surface area (Å²) in [7, 11) is 5.99. The van der Waals surface area contributed by atoms with E-state index in [1.807, 2.05) is 32.0 Å².